The van der Waals surface area contributed by atoms with Crippen LogP contribution in [0.3, 0.4) is 0 Å². The molecule has 1 aromatic carbocycles. The summed E-state index contributed by atoms with van der Waals surface area (Å²) in [6.07, 6.45) is 1.25. The second-order valence-electron chi connectivity index (χ2n) is 3.33. The maximum atomic E-state index is 13.5. The van der Waals surface area contributed by atoms with E-state index in [0.717, 1.165) is 6.07 Å². The summed E-state index contributed by atoms with van der Waals surface area (Å²) in [5, 5.41) is 6.07. The lowest BCUT2D eigenvalue weighted by atomic mass is 10.3. The average molecular weight is 335 g/mol. The molecule has 0 saturated heterocycles. The lowest BCUT2D eigenvalue weighted by Crippen LogP contribution is -2.24. The van der Waals surface area contributed by atoms with Gasteiger partial charge in [-0.2, -0.15) is 5.10 Å². The van der Waals surface area contributed by atoms with Gasteiger partial charge in [0.05, 0.1) is 6.54 Å². The summed E-state index contributed by atoms with van der Waals surface area (Å²) in [6.45, 7) is -0.0855. The zero-order chi connectivity index (χ0) is 13.2. The minimum atomic E-state index is -3.92. The van der Waals surface area contributed by atoms with Crippen LogP contribution in [0, 0.1) is 5.82 Å². The van der Waals surface area contributed by atoms with E-state index in [9.17, 15) is 12.8 Å². The fourth-order valence-corrected chi connectivity index (χ4v) is 2.63. The highest BCUT2D eigenvalue weighted by atomic mass is 79.9. The van der Waals surface area contributed by atoms with E-state index in [4.69, 9.17) is 0 Å². The lowest BCUT2D eigenvalue weighted by Gasteiger charge is -2.06. The van der Waals surface area contributed by atoms with E-state index in [1.165, 1.54) is 18.5 Å². The van der Waals surface area contributed by atoms with Gasteiger partial charge >= 0.3 is 0 Å². The van der Waals surface area contributed by atoms with Crippen molar-refractivity contribution in [3.63, 3.8) is 0 Å². The summed E-state index contributed by atoms with van der Waals surface area (Å²) in [5.41, 5.74) is 0. The van der Waals surface area contributed by atoms with Crippen LogP contribution in [0.15, 0.2) is 33.9 Å². The van der Waals surface area contributed by atoms with E-state index in [1.54, 1.807) is 0 Å². The van der Waals surface area contributed by atoms with Crippen molar-refractivity contribution in [3.8, 4) is 0 Å². The zero-order valence-corrected chi connectivity index (χ0v) is 11.3. The molecule has 0 aliphatic rings. The van der Waals surface area contributed by atoms with Crippen molar-refractivity contribution in [2.75, 3.05) is 0 Å². The first-order valence-corrected chi connectivity index (χ1v) is 7.05. The molecule has 0 saturated carbocycles. The van der Waals surface area contributed by atoms with Crippen LogP contribution in [0.1, 0.15) is 5.82 Å². The Bertz CT molecular complexity index is 645. The van der Waals surface area contributed by atoms with Gasteiger partial charge < -0.3 is 0 Å². The van der Waals surface area contributed by atoms with Crippen LogP contribution in [0.2, 0.25) is 0 Å². The van der Waals surface area contributed by atoms with Crippen molar-refractivity contribution < 1.29 is 12.8 Å². The monoisotopic (exact) mass is 334 g/mol. The summed E-state index contributed by atoms with van der Waals surface area (Å²) in [7, 11) is -3.92. The van der Waals surface area contributed by atoms with Gasteiger partial charge in [-0.25, -0.2) is 22.5 Å². The summed E-state index contributed by atoms with van der Waals surface area (Å²) < 4.78 is 39.9. The molecule has 1 heterocycles. The van der Waals surface area contributed by atoms with Gasteiger partial charge in [0.25, 0.3) is 0 Å². The van der Waals surface area contributed by atoms with Gasteiger partial charge in [0, 0.05) is 4.47 Å². The molecule has 0 aliphatic heterocycles. The zero-order valence-electron chi connectivity index (χ0n) is 8.89. The van der Waals surface area contributed by atoms with Gasteiger partial charge in [0.1, 0.15) is 22.9 Å². The van der Waals surface area contributed by atoms with Gasteiger partial charge in [-0.15, -0.1) is 0 Å². The van der Waals surface area contributed by atoms with Crippen LogP contribution < -0.4 is 4.72 Å². The average Bonchev–Trinajstić information content (AvgIpc) is 2.78. The Morgan fingerprint density at radius 1 is 1.44 bits per heavy atom. The number of sulfonamides is 1. The topological polar surface area (TPSA) is 87.7 Å². The first-order chi connectivity index (χ1) is 8.49. The van der Waals surface area contributed by atoms with Crippen molar-refractivity contribution in [1.82, 2.24) is 19.9 Å². The largest absolute Gasteiger partial charge is 0.262 e. The number of nitrogens with one attached hydrogen (secondary N) is 2. The Hall–Kier alpha value is -1.32. The SMILES string of the molecule is O=S(=O)(NCc1ncn[nH]1)c1ccc(Br)cc1F. The molecular weight excluding hydrogens is 327 g/mol. The van der Waals surface area contributed by atoms with E-state index in [0.29, 0.717) is 10.3 Å². The summed E-state index contributed by atoms with van der Waals surface area (Å²) >= 11 is 3.06. The molecule has 0 atom stereocenters. The molecule has 2 N–H and O–H groups in total. The molecule has 9 heteroatoms. The highest BCUT2D eigenvalue weighted by Gasteiger charge is 2.19. The molecular formula is C9H8BrFN4O2S. The maximum Gasteiger partial charge on any atom is 0.243 e. The Morgan fingerprint density at radius 3 is 2.83 bits per heavy atom. The number of hydrogen-bond acceptors (Lipinski definition) is 4. The number of aromatic amines is 1. The fourth-order valence-electron chi connectivity index (χ4n) is 1.25. The lowest BCUT2D eigenvalue weighted by molar-refractivity contribution is 0.555. The molecule has 0 radical (unpaired) electrons. The molecule has 0 aliphatic carbocycles. The van der Waals surface area contributed by atoms with Crippen molar-refractivity contribution >= 4 is 26.0 Å². The van der Waals surface area contributed by atoms with Gasteiger partial charge in [0.15, 0.2) is 0 Å². The van der Waals surface area contributed by atoms with Gasteiger partial charge in [-0.05, 0) is 18.2 Å². The highest BCUT2D eigenvalue weighted by Crippen LogP contribution is 2.19. The summed E-state index contributed by atoms with van der Waals surface area (Å²) in [6, 6.07) is 3.72. The Kier molecular flexibility index (Phi) is 3.73. The van der Waals surface area contributed by atoms with Gasteiger partial charge in [0.2, 0.25) is 10.0 Å². The van der Waals surface area contributed by atoms with Crippen molar-refractivity contribution in [3.05, 3.63) is 40.6 Å². The molecule has 0 spiro atoms. The van der Waals surface area contributed by atoms with E-state index in [1.807, 2.05) is 0 Å². The number of halogens is 2. The maximum absolute atomic E-state index is 13.5. The quantitative estimate of drug-likeness (QED) is 0.878. The van der Waals surface area contributed by atoms with Gasteiger partial charge in [-0.1, -0.05) is 15.9 Å². The molecule has 0 unspecified atom stereocenters. The predicted molar refractivity (Wildman–Crippen MR) is 64.5 cm³/mol. The van der Waals surface area contributed by atoms with E-state index >= 15 is 0 Å². The Labute approximate surface area is 111 Å². The van der Waals surface area contributed by atoms with Crippen LogP contribution in [-0.2, 0) is 16.6 Å². The summed E-state index contributed by atoms with van der Waals surface area (Å²) in [4.78, 5) is 3.34. The minimum absolute atomic E-state index is 0.0855. The number of rotatable bonds is 4. The third-order valence-electron chi connectivity index (χ3n) is 2.08. The third-order valence-corrected chi connectivity index (χ3v) is 4.01. The first-order valence-electron chi connectivity index (χ1n) is 4.78. The smallest absolute Gasteiger partial charge is 0.243 e. The molecule has 18 heavy (non-hydrogen) atoms. The van der Waals surface area contributed by atoms with Crippen LogP contribution >= 0.6 is 15.9 Å². The standard InChI is InChI=1S/C9H8BrFN4O2S/c10-6-1-2-8(7(11)3-6)18(16,17)14-4-9-12-5-13-15-9/h1-3,5,14H,4H2,(H,12,13,15). The van der Waals surface area contributed by atoms with Crippen LogP contribution in [0.5, 0.6) is 0 Å². The van der Waals surface area contributed by atoms with Crippen molar-refractivity contribution in [2.45, 2.75) is 11.4 Å². The van der Waals surface area contributed by atoms with Crippen LogP contribution in [-0.4, -0.2) is 23.6 Å². The fraction of sp³-hybridized carbons (Fsp3) is 0.111. The number of benzene rings is 1. The van der Waals surface area contributed by atoms with Crippen molar-refractivity contribution in [2.24, 2.45) is 0 Å². The molecule has 96 valence electrons. The van der Waals surface area contributed by atoms with Gasteiger partial charge in [-0.3, -0.25) is 5.10 Å². The molecule has 0 amide bonds. The number of H-pyrrole nitrogens is 1. The van der Waals surface area contributed by atoms with E-state index < -0.39 is 20.7 Å². The number of nitrogens with zero attached hydrogens (tertiary/aromatic N) is 2. The second-order valence-corrected chi connectivity index (χ2v) is 5.98. The Balaban J connectivity index is 2.20. The minimum Gasteiger partial charge on any atom is -0.262 e. The second kappa shape index (κ2) is 5.12. The normalized spacial score (nSPS) is 11.7. The first kappa shape index (κ1) is 13.1. The van der Waals surface area contributed by atoms with Crippen molar-refractivity contribution in [1.29, 1.82) is 0 Å². The Morgan fingerprint density at radius 2 is 2.22 bits per heavy atom. The number of aromatic nitrogens is 3. The van der Waals surface area contributed by atoms with Crippen LogP contribution in [0.4, 0.5) is 4.39 Å². The molecule has 6 nitrogen and oxygen atoms in total. The predicted octanol–water partition coefficient (Wildman–Crippen LogP) is 1.18. The molecule has 2 aromatic rings. The summed E-state index contributed by atoms with van der Waals surface area (Å²) in [5.74, 6) is -0.481. The van der Waals surface area contributed by atoms with E-state index in [-0.39, 0.29) is 6.54 Å². The molecule has 2 rings (SSSR count). The molecule has 1 aromatic heterocycles. The third kappa shape index (κ3) is 2.92. The van der Waals surface area contributed by atoms with E-state index in [2.05, 4.69) is 35.8 Å². The number of hydrogen-bond donors (Lipinski definition) is 2. The molecule has 0 fully saturated rings. The van der Waals surface area contributed by atoms with Crippen LogP contribution in [0.25, 0.3) is 0 Å². The molecule has 0 bridgehead atoms. The highest BCUT2D eigenvalue weighted by molar-refractivity contribution is 9.10.